The van der Waals surface area contributed by atoms with Crippen molar-refractivity contribution in [2.24, 2.45) is 4.99 Å². The maximum absolute atomic E-state index is 14.5. The smallest absolute Gasteiger partial charge is 0.164 e. The molecule has 7 heteroatoms. The van der Waals surface area contributed by atoms with Crippen LogP contribution in [0.1, 0.15) is 16.7 Å². The molecule has 4 rings (SSSR count). The van der Waals surface area contributed by atoms with E-state index in [0.29, 0.717) is 16.6 Å². The Kier molecular flexibility index (Phi) is 4.76. The Morgan fingerprint density at radius 1 is 1.15 bits per heavy atom. The molecule has 2 aromatic carbocycles. The van der Waals surface area contributed by atoms with Gasteiger partial charge in [0.25, 0.3) is 0 Å². The lowest BCUT2D eigenvalue weighted by Gasteiger charge is -2.26. The number of amidine groups is 1. The summed E-state index contributed by atoms with van der Waals surface area (Å²) in [5, 5.41) is 0.697. The van der Waals surface area contributed by atoms with Crippen LogP contribution in [0.3, 0.4) is 0 Å². The van der Waals surface area contributed by atoms with E-state index in [2.05, 4.69) is 37.0 Å². The van der Waals surface area contributed by atoms with Crippen molar-refractivity contribution in [2.75, 3.05) is 16.4 Å². The molecule has 2 atom stereocenters. The zero-order valence-corrected chi connectivity index (χ0v) is 16.9. The third-order valence-electron chi connectivity index (χ3n) is 5.16. The molecule has 27 heavy (non-hydrogen) atoms. The van der Waals surface area contributed by atoms with Gasteiger partial charge in [-0.05, 0) is 42.7 Å². The van der Waals surface area contributed by atoms with Crippen molar-refractivity contribution in [1.29, 1.82) is 0 Å². The van der Waals surface area contributed by atoms with Crippen LogP contribution in [-0.2, 0) is 15.6 Å². The van der Waals surface area contributed by atoms with Crippen molar-refractivity contribution in [3.63, 3.8) is 0 Å². The monoisotopic (exact) mass is 404 g/mol. The molecule has 0 aliphatic carbocycles. The molecule has 0 amide bonds. The number of hydrogen-bond donors (Lipinski definition) is 0. The number of hydrogen-bond acceptors (Lipinski definition) is 5. The van der Waals surface area contributed by atoms with Crippen molar-refractivity contribution in [1.82, 2.24) is 0 Å². The molecule has 2 aromatic rings. The first-order valence-electron chi connectivity index (χ1n) is 8.85. The molecule has 0 unspecified atom stereocenters. The predicted molar refractivity (Wildman–Crippen MR) is 110 cm³/mol. The largest absolute Gasteiger partial charge is 0.312 e. The maximum Gasteiger partial charge on any atom is 0.164 e. The molecule has 2 heterocycles. The van der Waals surface area contributed by atoms with Gasteiger partial charge in [0.05, 0.1) is 29.3 Å². The third kappa shape index (κ3) is 3.62. The quantitative estimate of drug-likeness (QED) is 0.782. The van der Waals surface area contributed by atoms with Gasteiger partial charge >= 0.3 is 0 Å². The average Bonchev–Trinajstić information content (AvgIpc) is 3.08. The van der Waals surface area contributed by atoms with Crippen LogP contribution < -0.4 is 4.90 Å². The first-order valence-corrected chi connectivity index (χ1v) is 11.7. The molecule has 142 valence electrons. The van der Waals surface area contributed by atoms with Gasteiger partial charge in [-0.3, -0.25) is 4.99 Å². The molecular formula is C20H21FN2O2S2. The van der Waals surface area contributed by atoms with E-state index in [9.17, 15) is 12.8 Å². The number of aliphatic imine (C=N–C) groups is 1. The highest BCUT2D eigenvalue weighted by Gasteiger charge is 2.47. The number of sulfone groups is 1. The van der Waals surface area contributed by atoms with Crippen LogP contribution in [0.4, 0.5) is 10.1 Å². The van der Waals surface area contributed by atoms with Gasteiger partial charge in [-0.1, -0.05) is 42.1 Å². The Labute approximate surface area is 163 Å². The number of rotatable bonds is 3. The van der Waals surface area contributed by atoms with E-state index in [1.165, 1.54) is 34.5 Å². The van der Waals surface area contributed by atoms with Gasteiger partial charge in [0, 0.05) is 5.75 Å². The number of halogens is 1. The van der Waals surface area contributed by atoms with Crippen LogP contribution in [0, 0.1) is 19.7 Å². The van der Waals surface area contributed by atoms with E-state index in [-0.39, 0.29) is 29.4 Å². The normalized spacial score (nSPS) is 23.4. The molecule has 0 spiro atoms. The van der Waals surface area contributed by atoms with Crippen LogP contribution >= 0.6 is 11.8 Å². The van der Waals surface area contributed by atoms with Crippen LogP contribution in [-0.4, -0.2) is 37.2 Å². The standard InChI is InChI=1S/C20H21FN2O2S2/c1-13-7-8-15(9-14(13)2)10-26-20-22-17-11-27(24,25)12-19(17)23(20)18-6-4-3-5-16(18)21/h3-9,17,19H,10-12H2,1-2H3/t17-,19+/m1/s1. The first-order chi connectivity index (χ1) is 12.8. The van der Waals surface area contributed by atoms with E-state index in [0.717, 1.165) is 0 Å². The Balaban J connectivity index is 1.63. The summed E-state index contributed by atoms with van der Waals surface area (Å²) < 4.78 is 38.6. The molecule has 0 saturated carbocycles. The number of aryl methyl sites for hydroxylation is 2. The summed E-state index contributed by atoms with van der Waals surface area (Å²) in [6.07, 6.45) is 0. The Morgan fingerprint density at radius 3 is 2.67 bits per heavy atom. The van der Waals surface area contributed by atoms with Gasteiger partial charge in [0.15, 0.2) is 15.0 Å². The number of benzene rings is 2. The molecule has 1 fully saturated rings. The summed E-state index contributed by atoms with van der Waals surface area (Å²) in [4.78, 5) is 6.45. The molecule has 4 nitrogen and oxygen atoms in total. The zero-order chi connectivity index (χ0) is 19.2. The third-order valence-corrected chi connectivity index (χ3v) is 7.90. The van der Waals surface area contributed by atoms with E-state index < -0.39 is 9.84 Å². The minimum Gasteiger partial charge on any atom is -0.312 e. The number of thioether (sulfide) groups is 1. The number of nitrogens with zero attached hydrogens (tertiary/aromatic N) is 2. The number of para-hydroxylation sites is 1. The van der Waals surface area contributed by atoms with Gasteiger partial charge in [-0.25, -0.2) is 12.8 Å². The summed E-state index contributed by atoms with van der Waals surface area (Å²) in [5.74, 6) is 0.401. The number of fused-ring (bicyclic) bond motifs is 1. The lowest BCUT2D eigenvalue weighted by atomic mass is 10.1. The predicted octanol–water partition coefficient (Wildman–Crippen LogP) is 3.72. The molecular weight excluding hydrogens is 383 g/mol. The van der Waals surface area contributed by atoms with E-state index >= 15 is 0 Å². The average molecular weight is 405 g/mol. The summed E-state index contributed by atoms with van der Waals surface area (Å²) >= 11 is 1.53. The van der Waals surface area contributed by atoms with Crippen molar-refractivity contribution >= 4 is 32.5 Å². The van der Waals surface area contributed by atoms with Gasteiger partial charge in [0.1, 0.15) is 5.82 Å². The molecule has 0 N–H and O–H groups in total. The van der Waals surface area contributed by atoms with E-state index in [4.69, 9.17) is 0 Å². The molecule has 2 aliphatic rings. The SMILES string of the molecule is Cc1ccc(CSC2=N[C@@H]3CS(=O)(=O)C[C@@H]3N2c2ccccc2F)cc1C. The summed E-state index contributed by atoms with van der Waals surface area (Å²) in [6, 6.07) is 12.2. The molecule has 0 aromatic heterocycles. The summed E-state index contributed by atoms with van der Waals surface area (Å²) in [7, 11) is -3.14. The minimum absolute atomic E-state index is 0.0171. The van der Waals surface area contributed by atoms with Gasteiger partial charge < -0.3 is 4.90 Å². The maximum atomic E-state index is 14.5. The van der Waals surface area contributed by atoms with Crippen LogP contribution in [0.25, 0.3) is 0 Å². The van der Waals surface area contributed by atoms with Crippen LogP contribution in [0.15, 0.2) is 47.5 Å². The highest BCUT2D eigenvalue weighted by Crippen LogP contribution is 2.37. The molecule has 2 aliphatic heterocycles. The van der Waals surface area contributed by atoms with Crippen LogP contribution in [0.5, 0.6) is 0 Å². The second-order valence-corrected chi connectivity index (χ2v) is 10.2. The lowest BCUT2D eigenvalue weighted by molar-refractivity contribution is 0.600. The molecule has 0 bridgehead atoms. The summed E-state index contributed by atoms with van der Waals surface area (Å²) in [5.41, 5.74) is 4.04. The van der Waals surface area contributed by atoms with Gasteiger partial charge in [0.2, 0.25) is 0 Å². The zero-order valence-electron chi connectivity index (χ0n) is 15.2. The number of anilines is 1. The summed E-state index contributed by atoms with van der Waals surface area (Å²) in [6.45, 7) is 4.16. The van der Waals surface area contributed by atoms with E-state index in [1.807, 2.05) is 0 Å². The topological polar surface area (TPSA) is 49.7 Å². The molecule has 0 radical (unpaired) electrons. The Hall–Kier alpha value is -1.86. The van der Waals surface area contributed by atoms with Crippen molar-refractivity contribution in [3.05, 3.63) is 65.0 Å². The van der Waals surface area contributed by atoms with Crippen LogP contribution in [0.2, 0.25) is 0 Å². The molecule has 1 saturated heterocycles. The Bertz CT molecular complexity index is 1020. The van der Waals surface area contributed by atoms with Crippen molar-refractivity contribution in [2.45, 2.75) is 31.7 Å². The highest BCUT2D eigenvalue weighted by molar-refractivity contribution is 8.13. The fourth-order valence-electron chi connectivity index (χ4n) is 3.60. The lowest BCUT2D eigenvalue weighted by Crippen LogP contribution is -2.39. The highest BCUT2D eigenvalue weighted by atomic mass is 32.2. The van der Waals surface area contributed by atoms with Crippen molar-refractivity contribution < 1.29 is 12.8 Å². The first kappa shape index (κ1) is 18.5. The van der Waals surface area contributed by atoms with Crippen molar-refractivity contribution in [3.8, 4) is 0 Å². The second kappa shape index (κ2) is 6.95. The van der Waals surface area contributed by atoms with Gasteiger partial charge in [-0.15, -0.1) is 0 Å². The second-order valence-electron chi connectivity index (χ2n) is 7.15. The fourth-order valence-corrected chi connectivity index (χ4v) is 6.51. The van der Waals surface area contributed by atoms with Gasteiger partial charge in [-0.2, -0.15) is 0 Å². The van der Waals surface area contributed by atoms with E-state index in [1.54, 1.807) is 23.1 Å². The Morgan fingerprint density at radius 2 is 1.93 bits per heavy atom. The minimum atomic E-state index is -3.14. The fraction of sp³-hybridized carbons (Fsp3) is 0.350.